The van der Waals surface area contributed by atoms with E-state index in [-0.39, 0.29) is 52.1 Å². The molecule has 0 atom stereocenters. The number of aliphatic carboxylic acids is 1. The molecule has 138 valence electrons. The van der Waals surface area contributed by atoms with Crippen molar-refractivity contribution in [3.63, 3.8) is 0 Å². The molecule has 0 radical (unpaired) electrons. The molecule has 0 aromatic carbocycles. The van der Waals surface area contributed by atoms with Gasteiger partial charge in [0.1, 0.15) is 5.54 Å². The maximum absolute atomic E-state index is 11.5. The summed E-state index contributed by atoms with van der Waals surface area (Å²) in [5.74, 6) is -4.03. The highest BCUT2D eigenvalue weighted by atomic mass is 16.6. The van der Waals surface area contributed by atoms with Gasteiger partial charge in [0.15, 0.2) is 0 Å². The first-order valence-electron chi connectivity index (χ1n) is 7.62. The first-order valence-corrected chi connectivity index (χ1v) is 7.62. The van der Waals surface area contributed by atoms with Crippen molar-refractivity contribution in [1.29, 1.82) is 0 Å². The van der Waals surface area contributed by atoms with Crippen LogP contribution in [0.25, 0.3) is 0 Å². The maximum Gasteiger partial charge on any atom is 0.327 e. The van der Waals surface area contributed by atoms with Gasteiger partial charge in [0.25, 0.3) is 0 Å². The van der Waals surface area contributed by atoms with Gasteiger partial charge in [-0.1, -0.05) is 0 Å². The summed E-state index contributed by atoms with van der Waals surface area (Å²) in [6.45, 7) is -0.237. The topological polar surface area (TPSA) is 157 Å². The molecule has 2 aliphatic rings. The van der Waals surface area contributed by atoms with Crippen LogP contribution in [0.2, 0.25) is 0 Å². The Labute approximate surface area is 142 Å². The Balaban J connectivity index is 1.90. The molecule has 2 aliphatic heterocycles. The average Bonchev–Trinajstić information content (AvgIpc) is 2.49. The third-order valence-corrected chi connectivity index (χ3v) is 4.04. The minimum atomic E-state index is -1.63. The second-order valence-corrected chi connectivity index (χ2v) is 6.07. The summed E-state index contributed by atoms with van der Waals surface area (Å²) < 4.78 is 8.79. The quantitative estimate of drug-likeness (QED) is 0.361. The number of carbonyl (C=O) groups excluding carboxylic acids is 4. The fourth-order valence-electron chi connectivity index (χ4n) is 2.60. The number of ether oxygens (including phenoxy) is 2. The number of cyclic esters (lactones) is 4. The van der Waals surface area contributed by atoms with Crippen molar-refractivity contribution in [2.45, 2.75) is 18.4 Å². The number of esters is 4. The van der Waals surface area contributed by atoms with Crippen LogP contribution >= 0.6 is 0 Å². The SMILES string of the molecule is NC(CCN1CC(=O)OC(=O)C1)(CCN1CC(=O)OC(=O)C1)C(=O)O. The molecule has 0 bridgehead atoms. The molecule has 0 spiro atoms. The summed E-state index contributed by atoms with van der Waals surface area (Å²) in [4.78, 5) is 59.3. The Morgan fingerprint density at radius 3 is 1.48 bits per heavy atom. The number of carboxylic acid groups (broad SMARTS) is 1. The Bertz CT molecular complexity index is 531. The second kappa shape index (κ2) is 7.68. The molecule has 0 unspecified atom stereocenters. The normalized spacial score (nSPS) is 20.4. The molecule has 2 heterocycles. The summed E-state index contributed by atoms with van der Waals surface area (Å²) in [6, 6.07) is 0. The standard InChI is InChI=1S/C14H19N3O8/c15-14(13(22)23,1-3-16-5-9(18)24-10(19)6-16)2-4-17-7-11(20)25-12(21)8-17/h1-8,15H2,(H,22,23). The second-order valence-electron chi connectivity index (χ2n) is 6.07. The van der Waals surface area contributed by atoms with E-state index >= 15 is 0 Å². The zero-order valence-electron chi connectivity index (χ0n) is 13.4. The van der Waals surface area contributed by atoms with Crippen molar-refractivity contribution in [2.75, 3.05) is 39.3 Å². The molecule has 3 N–H and O–H groups in total. The van der Waals surface area contributed by atoms with Crippen LogP contribution in [0.1, 0.15) is 12.8 Å². The number of hydrogen-bond acceptors (Lipinski definition) is 10. The number of hydrogen-bond donors (Lipinski definition) is 2. The fourth-order valence-corrected chi connectivity index (χ4v) is 2.60. The predicted molar refractivity (Wildman–Crippen MR) is 78.9 cm³/mol. The molecule has 2 rings (SSSR count). The lowest BCUT2D eigenvalue weighted by Crippen LogP contribution is -2.54. The number of nitrogens with zero attached hydrogens (tertiary/aromatic N) is 2. The van der Waals surface area contributed by atoms with Gasteiger partial charge in [0.05, 0.1) is 26.2 Å². The molecule has 2 saturated heterocycles. The minimum Gasteiger partial charge on any atom is -0.480 e. The summed E-state index contributed by atoms with van der Waals surface area (Å²) in [5.41, 5.74) is 4.33. The fraction of sp³-hybridized carbons (Fsp3) is 0.643. The summed E-state index contributed by atoms with van der Waals surface area (Å²) in [6.07, 6.45) is -0.0374. The number of rotatable bonds is 7. The van der Waals surface area contributed by atoms with Crippen LogP contribution in [-0.4, -0.2) is 89.6 Å². The number of nitrogens with two attached hydrogens (primary N) is 1. The van der Waals surface area contributed by atoms with Crippen LogP contribution in [0.5, 0.6) is 0 Å². The molecule has 11 nitrogen and oxygen atoms in total. The van der Waals surface area contributed by atoms with Gasteiger partial charge in [-0.05, 0) is 12.8 Å². The van der Waals surface area contributed by atoms with E-state index < -0.39 is 35.4 Å². The molecule has 0 amide bonds. The van der Waals surface area contributed by atoms with Gasteiger partial charge in [-0.15, -0.1) is 0 Å². The highest BCUT2D eigenvalue weighted by molar-refractivity contribution is 5.90. The average molecular weight is 357 g/mol. The Morgan fingerprint density at radius 2 is 1.20 bits per heavy atom. The molecule has 0 saturated carbocycles. The third-order valence-electron chi connectivity index (χ3n) is 4.04. The smallest absolute Gasteiger partial charge is 0.327 e. The zero-order valence-corrected chi connectivity index (χ0v) is 13.4. The highest BCUT2D eigenvalue weighted by Crippen LogP contribution is 2.16. The van der Waals surface area contributed by atoms with Crippen LogP contribution < -0.4 is 5.73 Å². The third kappa shape index (κ3) is 5.31. The van der Waals surface area contributed by atoms with Crippen molar-refractivity contribution < 1.29 is 38.6 Å². The lowest BCUT2D eigenvalue weighted by molar-refractivity contribution is -0.168. The summed E-state index contributed by atoms with van der Waals surface area (Å²) in [5, 5.41) is 9.42. The lowest BCUT2D eigenvalue weighted by atomic mass is 9.91. The van der Waals surface area contributed by atoms with Crippen LogP contribution in [-0.2, 0) is 33.4 Å². The van der Waals surface area contributed by atoms with Crippen molar-refractivity contribution in [3.05, 3.63) is 0 Å². The van der Waals surface area contributed by atoms with E-state index in [4.69, 9.17) is 5.73 Å². The lowest BCUT2D eigenvalue weighted by Gasteiger charge is -2.32. The van der Waals surface area contributed by atoms with E-state index in [1.165, 1.54) is 9.80 Å². The maximum atomic E-state index is 11.5. The number of carboxylic acids is 1. The van der Waals surface area contributed by atoms with E-state index in [0.29, 0.717) is 0 Å². The largest absolute Gasteiger partial charge is 0.480 e. The van der Waals surface area contributed by atoms with Gasteiger partial charge in [-0.3, -0.25) is 33.8 Å². The van der Waals surface area contributed by atoms with Crippen molar-refractivity contribution in [3.8, 4) is 0 Å². The molecule has 0 aliphatic carbocycles. The van der Waals surface area contributed by atoms with Crippen LogP contribution in [0.15, 0.2) is 0 Å². The van der Waals surface area contributed by atoms with Crippen molar-refractivity contribution in [1.82, 2.24) is 9.80 Å². The molecular formula is C14H19N3O8. The van der Waals surface area contributed by atoms with Gasteiger partial charge < -0.3 is 20.3 Å². The Kier molecular flexibility index (Phi) is 5.82. The predicted octanol–water partition coefficient (Wildman–Crippen LogP) is -2.68. The zero-order chi connectivity index (χ0) is 18.6. The molecule has 25 heavy (non-hydrogen) atoms. The summed E-state index contributed by atoms with van der Waals surface area (Å²) >= 11 is 0. The Morgan fingerprint density at radius 1 is 0.880 bits per heavy atom. The first kappa shape index (κ1) is 19.0. The molecule has 2 fully saturated rings. The van der Waals surface area contributed by atoms with E-state index in [0.717, 1.165) is 0 Å². The number of morpholine rings is 2. The van der Waals surface area contributed by atoms with Gasteiger partial charge in [0.2, 0.25) is 0 Å². The van der Waals surface area contributed by atoms with Crippen LogP contribution in [0.4, 0.5) is 0 Å². The van der Waals surface area contributed by atoms with Crippen LogP contribution in [0.3, 0.4) is 0 Å². The van der Waals surface area contributed by atoms with Gasteiger partial charge >= 0.3 is 29.8 Å². The first-order chi connectivity index (χ1) is 11.7. The van der Waals surface area contributed by atoms with Gasteiger partial charge in [-0.2, -0.15) is 0 Å². The van der Waals surface area contributed by atoms with E-state index in [9.17, 15) is 29.1 Å². The van der Waals surface area contributed by atoms with E-state index in [1.54, 1.807) is 0 Å². The van der Waals surface area contributed by atoms with Gasteiger partial charge in [0, 0.05) is 13.1 Å². The molecular weight excluding hydrogens is 338 g/mol. The van der Waals surface area contributed by atoms with Gasteiger partial charge in [-0.25, -0.2) is 0 Å². The van der Waals surface area contributed by atoms with Crippen molar-refractivity contribution in [2.24, 2.45) is 5.73 Å². The van der Waals surface area contributed by atoms with Crippen molar-refractivity contribution >= 4 is 29.8 Å². The number of carbonyl (C=O) groups is 5. The monoisotopic (exact) mass is 357 g/mol. The van der Waals surface area contributed by atoms with Crippen LogP contribution in [0, 0.1) is 0 Å². The minimum absolute atomic E-state index is 0.0187. The molecule has 0 aromatic rings. The molecule has 0 aromatic heterocycles. The van der Waals surface area contributed by atoms with E-state index in [2.05, 4.69) is 9.47 Å². The highest BCUT2D eigenvalue weighted by Gasteiger charge is 2.37. The Hall–Kier alpha value is -2.37. The summed E-state index contributed by atoms with van der Waals surface area (Å²) in [7, 11) is 0. The molecule has 11 heteroatoms. The van der Waals surface area contributed by atoms with E-state index in [1.807, 2.05) is 0 Å².